The van der Waals surface area contributed by atoms with Crippen LogP contribution < -0.4 is 10.1 Å². The van der Waals surface area contributed by atoms with E-state index in [-0.39, 0.29) is 30.0 Å². The topological polar surface area (TPSA) is 120 Å². The average molecular weight is 441 g/mol. The Hall–Kier alpha value is -3.24. The molecule has 0 radical (unpaired) electrons. The lowest BCUT2D eigenvalue weighted by molar-refractivity contribution is -0.141. The van der Waals surface area contributed by atoms with Gasteiger partial charge in [0.1, 0.15) is 24.4 Å². The van der Waals surface area contributed by atoms with Crippen molar-refractivity contribution in [3.63, 3.8) is 0 Å². The zero-order valence-corrected chi connectivity index (χ0v) is 17.9. The quantitative estimate of drug-likeness (QED) is 0.459. The predicted octanol–water partition coefficient (Wildman–Crippen LogP) is 4.17. The number of carbonyl (C=O) groups is 2. The number of ether oxygens (including phenoxy) is 3. The van der Waals surface area contributed by atoms with E-state index in [1.165, 1.54) is 32.0 Å². The average Bonchev–Trinajstić information content (AvgIpc) is 2.63. The third kappa shape index (κ3) is 6.90. The Morgan fingerprint density at radius 3 is 2.39 bits per heavy atom. The molecule has 2 rings (SSSR count). The fourth-order valence-corrected chi connectivity index (χ4v) is 2.36. The van der Waals surface area contributed by atoms with E-state index >= 15 is 0 Å². The number of carboxylic acids is 1. The van der Waals surface area contributed by atoms with Crippen LogP contribution in [0.25, 0.3) is 10.9 Å². The molecule has 0 aliphatic carbocycles. The van der Waals surface area contributed by atoms with Gasteiger partial charge in [-0.25, -0.2) is 23.4 Å². The maximum absolute atomic E-state index is 13.2. The lowest BCUT2D eigenvalue weighted by atomic mass is 10.1. The van der Waals surface area contributed by atoms with Crippen LogP contribution in [0, 0.1) is 0 Å². The molecule has 9 nitrogen and oxygen atoms in total. The van der Waals surface area contributed by atoms with Crippen molar-refractivity contribution in [2.24, 2.45) is 0 Å². The molecule has 2 N–H and O–H groups in total. The number of aliphatic carboxylic acids is 1. The summed E-state index contributed by atoms with van der Waals surface area (Å²) in [6.07, 6.45) is -3.81. The van der Waals surface area contributed by atoms with Gasteiger partial charge < -0.3 is 24.6 Å². The second-order valence-corrected chi connectivity index (χ2v) is 8.14. The van der Waals surface area contributed by atoms with E-state index in [2.05, 4.69) is 15.3 Å². The van der Waals surface area contributed by atoms with Crippen molar-refractivity contribution in [1.82, 2.24) is 9.97 Å². The van der Waals surface area contributed by atoms with Crippen LogP contribution in [0.3, 0.4) is 0 Å². The first kappa shape index (κ1) is 24.0. The Balaban J connectivity index is 2.22. The molecule has 0 atom stereocenters. The standard InChI is InChI=1S/C20H25F2N3O6/c1-19(2,3)31-18(28)30-9-8-29-16-12-10-11(25-20(4,5)17(26)27)6-7-13(12)23-15(24-16)14(21)22/h6-7,10,14,25H,8-9H2,1-5H3,(H,26,27). The molecule has 0 unspecified atom stereocenters. The van der Waals surface area contributed by atoms with Crippen LogP contribution >= 0.6 is 0 Å². The molecule has 1 heterocycles. The molecule has 0 saturated heterocycles. The highest BCUT2D eigenvalue weighted by Crippen LogP contribution is 2.29. The van der Waals surface area contributed by atoms with Gasteiger partial charge >= 0.3 is 12.1 Å². The van der Waals surface area contributed by atoms with Crippen LogP contribution in [-0.2, 0) is 14.3 Å². The molecule has 170 valence electrons. The molecule has 0 bridgehead atoms. The summed E-state index contributed by atoms with van der Waals surface area (Å²) in [4.78, 5) is 30.5. The highest BCUT2D eigenvalue weighted by Gasteiger charge is 2.27. The summed E-state index contributed by atoms with van der Waals surface area (Å²) in [7, 11) is 0. The van der Waals surface area contributed by atoms with E-state index in [0.29, 0.717) is 5.69 Å². The van der Waals surface area contributed by atoms with Gasteiger partial charge in [0.25, 0.3) is 6.43 Å². The first-order chi connectivity index (χ1) is 14.3. The van der Waals surface area contributed by atoms with Crippen molar-refractivity contribution in [3.8, 4) is 5.88 Å². The Labute approximate surface area is 177 Å². The molecule has 0 fully saturated rings. The van der Waals surface area contributed by atoms with Gasteiger partial charge in [0, 0.05) is 5.69 Å². The zero-order valence-electron chi connectivity index (χ0n) is 17.9. The number of halogens is 2. The third-order valence-electron chi connectivity index (χ3n) is 3.80. The largest absolute Gasteiger partial charge is 0.508 e. The predicted molar refractivity (Wildman–Crippen MR) is 108 cm³/mol. The molecule has 0 saturated carbocycles. The molecule has 1 aromatic heterocycles. The minimum Gasteiger partial charge on any atom is -0.480 e. The normalized spacial score (nSPS) is 12.0. The molecule has 0 aliphatic heterocycles. The molecule has 1 aromatic carbocycles. The molecule has 31 heavy (non-hydrogen) atoms. The Bertz CT molecular complexity index is 960. The van der Waals surface area contributed by atoms with Crippen LogP contribution in [-0.4, -0.2) is 51.6 Å². The molecule has 11 heteroatoms. The second-order valence-electron chi connectivity index (χ2n) is 8.14. The van der Waals surface area contributed by atoms with Crippen molar-refractivity contribution in [2.75, 3.05) is 18.5 Å². The van der Waals surface area contributed by atoms with E-state index in [0.717, 1.165) is 0 Å². The second kappa shape index (κ2) is 9.27. The number of nitrogens with one attached hydrogen (secondary N) is 1. The number of anilines is 1. The number of fused-ring (bicyclic) bond motifs is 1. The maximum atomic E-state index is 13.2. The van der Waals surface area contributed by atoms with Gasteiger partial charge in [-0.1, -0.05) is 0 Å². The summed E-state index contributed by atoms with van der Waals surface area (Å²) < 4.78 is 41.7. The van der Waals surface area contributed by atoms with Crippen molar-refractivity contribution >= 4 is 28.7 Å². The van der Waals surface area contributed by atoms with E-state index < -0.39 is 35.5 Å². The summed E-state index contributed by atoms with van der Waals surface area (Å²) in [6.45, 7) is 7.62. The fraction of sp³-hybridized carbons (Fsp3) is 0.500. The zero-order chi connectivity index (χ0) is 23.4. The van der Waals surface area contributed by atoms with Gasteiger partial charge in [0.15, 0.2) is 5.82 Å². The third-order valence-corrected chi connectivity index (χ3v) is 3.80. The monoisotopic (exact) mass is 441 g/mol. The molecule has 0 amide bonds. The first-order valence-corrected chi connectivity index (χ1v) is 9.38. The molecule has 2 aromatic rings. The summed E-state index contributed by atoms with van der Waals surface area (Å²) in [5.41, 5.74) is -1.41. The number of hydrogen-bond donors (Lipinski definition) is 2. The number of carboxylic acid groups (broad SMARTS) is 1. The smallest absolute Gasteiger partial charge is 0.480 e. The number of alkyl halides is 2. The number of nitrogens with zero attached hydrogens (tertiary/aromatic N) is 2. The lowest BCUT2D eigenvalue weighted by Crippen LogP contribution is -2.39. The highest BCUT2D eigenvalue weighted by molar-refractivity contribution is 5.88. The summed E-state index contributed by atoms with van der Waals surface area (Å²) in [5, 5.41) is 12.4. The van der Waals surface area contributed by atoms with Crippen molar-refractivity contribution in [3.05, 3.63) is 24.0 Å². The van der Waals surface area contributed by atoms with Crippen LogP contribution in [0.1, 0.15) is 46.9 Å². The maximum Gasteiger partial charge on any atom is 0.508 e. The first-order valence-electron chi connectivity index (χ1n) is 9.38. The Morgan fingerprint density at radius 2 is 1.81 bits per heavy atom. The van der Waals surface area contributed by atoms with Crippen LogP contribution in [0.4, 0.5) is 19.3 Å². The van der Waals surface area contributed by atoms with Crippen molar-refractivity contribution in [1.29, 1.82) is 0 Å². The number of aromatic nitrogens is 2. The molecular formula is C20H25F2N3O6. The minimum absolute atomic E-state index is 0.148. The number of rotatable bonds is 8. The fourth-order valence-electron chi connectivity index (χ4n) is 2.36. The highest BCUT2D eigenvalue weighted by atomic mass is 19.3. The van der Waals surface area contributed by atoms with Gasteiger partial charge in [-0.2, -0.15) is 4.98 Å². The van der Waals surface area contributed by atoms with Gasteiger partial charge in [-0.3, -0.25) is 0 Å². The molecule has 0 spiro atoms. The van der Waals surface area contributed by atoms with Crippen LogP contribution in [0.2, 0.25) is 0 Å². The summed E-state index contributed by atoms with van der Waals surface area (Å²) in [6, 6.07) is 4.47. The van der Waals surface area contributed by atoms with Crippen LogP contribution in [0.5, 0.6) is 5.88 Å². The Kier molecular flexibility index (Phi) is 7.19. The van der Waals surface area contributed by atoms with E-state index in [9.17, 15) is 23.5 Å². The minimum atomic E-state index is -2.92. The van der Waals surface area contributed by atoms with E-state index in [4.69, 9.17) is 14.2 Å². The SMILES string of the molecule is CC(C)(C)OC(=O)OCCOc1nc(C(F)F)nc2ccc(NC(C)(C)C(=O)O)cc12. The summed E-state index contributed by atoms with van der Waals surface area (Å²) in [5.74, 6) is -1.94. The van der Waals surface area contributed by atoms with Gasteiger partial charge in [0.2, 0.25) is 5.88 Å². The number of carbonyl (C=O) groups excluding carboxylic acids is 1. The van der Waals surface area contributed by atoms with Crippen molar-refractivity contribution in [2.45, 2.75) is 52.2 Å². The van der Waals surface area contributed by atoms with Gasteiger partial charge in [-0.15, -0.1) is 0 Å². The van der Waals surface area contributed by atoms with Gasteiger partial charge in [-0.05, 0) is 52.8 Å². The molecule has 0 aliphatic rings. The van der Waals surface area contributed by atoms with E-state index in [1.807, 2.05) is 0 Å². The summed E-state index contributed by atoms with van der Waals surface area (Å²) >= 11 is 0. The lowest BCUT2D eigenvalue weighted by Gasteiger charge is -2.22. The van der Waals surface area contributed by atoms with Crippen LogP contribution in [0.15, 0.2) is 18.2 Å². The van der Waals surface area contributed by atoms with E-state index in [1.54, 1.807) is 20.8 Å². The number of hydrogen-bond acceptors (Lipinski definition) is 8. The number of benzene rings is 1. The Morgan fingerprint density at radius 1 is 1.13 bits per heavy atom. The molecular weight excluding hydrogens is 416 g/mol. The van der Waals surface area contributed by atoms with Crippen molar-refractivity contribution < 1.29 is 37.7 Å². The van der Waals surface area contributed by atoms with Gasteiger partial charge in [0.05, 0.1) is 10.9 Å².